The minimum absolute atomic E-state index is 0.567. The average Bonchev–Trinajstić information content (AvgIpc) is 2.01. The van der Waals surface area contributed by atoms with Gasteiger partial charge in [-0.05, 0) is 25.8 Å². The van der Waals surface area contributed by atoms with Gasteiger partial charge in [0.05, 0.1) is 0 Å². The van der Waals surface area contributed by atoms with Crippen LogP contribution in [-0.4, -0.2) is 26.3 Å². The molecule has 15 heavy (non-hydrogen) atoms. The van der Waals surface area contributed by atoms with Gasteiger partial charge in [0, 0.05) is 11.4 Å². The van der Waals surface area contributed by atoms with Crippen LogP contribution in [0.15, 0.2) is 5.16 Å². The first-order valence-corrected chi connectivity index (χ1v) is 4.78. The lowest BCUT2D eigenvalue weighted by molar-refractivity contribution is 0.137. The van der Waals surface area contributed by atoms with Crippen LogP contribution in [0.2, 0.25) is 0 Å². The Morgan fingerprint density at radius 3 is 1.87 bits per heavy atom. The summed E-state index contributed by atoms with van der Waals surface area (Å²) in [6.07, 6.45) is -0.842. The van der Waals surface area contributed by atoms with E-state index in [1.807, 2.05) is 13.8 Å². The molecule has 1 aromatic rings. The van der Waals surface area contributed by atoms with Gasteiger partial charge in [-0.25, -0.2) is 14.8 Å². The van der Waals surface area contributed by atoms with Crippen LogP contribution >= 0.6 is 12.6 Å². The molecule has 0 aromatic carbocycles. The second-order valence-electron chi connectivity index (χ2n) is 2.81. The largest absolute Gasteiger partial charge is 0.503 e. The van der Waals surface area contributed by atoms with Crippen molar-refractivity contribution in [3.05, 3.63) is 17.0 Å². The Labute approximate surface area is 93.6 Å². The van der Waals surface area contributed by atoms with Crippen LogP contribution in [0.5, 0.6) is 0 Å². The van der Waals surface area contributed by atoms with E-state index in [1.54, 1.807) is 0 Å². The summed E-state index contributed by atoms with van der Waals surface area (Å²) in [5.74, 6) is 0. The van der Waals surface area contributed by atoms with Crippen LogP contribution in [-0.2, 0) is 6.42 Å². The molecule has 2 N–H and O–H groups in total. The van der Waals surface area contributed by atoms with Gasteiger partial charge in [0.25, 0.3) is 0 Å². The number of carboxylic acid groups (broad SMARTS) is 2. The molecule has 0 aliphatic rings. The summed E-state index contributed by atoms with van der Waals surface area (Å²) < 4.78 is 0. The minimum atomic E-state index is -1.83. The molecule has 0 unspecified atom stereocenters. The van der Waals surface area contributed by atoms with Crippen LogP contribution in [0, 0.1) is 13.8 Å². The Balaban J connectivity index is 0.000000423. The Morgan fingerprint density at radius 1 is 1.27 bits per heavy atom. The predicted octanol–water partition coefficient (Wildman–Crippen LogP) is 2.17. The maximum Gasteiger partial charge on any atom is 0.503 e. The van der Waals surface area contributed by atoms with Crippen molar-refractivity contribution in [3.8, 4) is 0 Å². The summed E-state index contributed by atoms with van der Waals surface area (Å²) in [5.41, 5.74) is 3.33. The van der Waals surface area contributed by atoms with E-state index in [1.165, 1.54) is 5.56 Å². The summed E-state index contributed by atoms with van der Waals surface area (Å²) in [6, 6.07) is 0. The third kappa shape index (κ3) is 5.21. The van der Waals surface area contributed by atoms with E-state index in [0.717, 1.165) is 17.8 Å². The molecule has 0 bridgehead atoms. The number of thiol groups is 1. The van der Waals surface area contributed by atoms with Gasteiger partial charge in [0.2, 0.25) is 0 Å². The average molecular weight is 230 g/mol. The first kappa shape index (κ1) is 13.7. The van der Waals surface area contributed by atoms with Gasteiger partial charge < -0.3 is 10.2 Å². The van der Waals surface area contributed by atoms with Gasteiger partial charge in [-0.1, -0.05) is 6.92 Å². The maximum absolute atomic E-state index is 8.56. The molecule has 0 atom stereocenters. The van der Waals surface area contributed by atoms with Crippen molar-refractivity contribution in [2.45, 2.75) is 32.3 Å². The molecule has 0 saturated heterocycles. The highest BCUT2D eigenvalue weighted by molar-refractivity contribution is 7.80. The number of rotatable bonds is 1. The van der Waals surface area contributed by atoms with Gasteiger partial charge in [-0.3, -0.25) is 0 Å². The van der Waals surface area contributed by atoms with E-state index >= 15 is 0 Å². The summed E-state index contributed by atoms with van der Waals surface area (Å²) in [5, 5.41) is 14.5. The molecule has 0 aliphatic carbocycles. The third-order valence-electron chi connectivity index (χ3n) is 1.76. The van der Waals surface area contributed by atoms with Crippen LogP contribution < -0.4 is 0 Å². The highest BCUT2D eigenvalue weighted by atomic mass is 32.1. The molecule has 0 saturated carbocycles. The molecule has 0 fully saturated rings. The normalized spacial score (nSPS) is 9.07. The molecule has 1 heterocycles. The van der Waals surface area contributed by atoms with Crippen molar-refractivity contribution in [2.75, 3.05) is 0 Å². The minimum Gasteiger partial charge on any atom is -0.450 e. The zero-order valence-corrected chi connectivity index (χ0v) is 9.75. The molecule has 1 rings (SSSR count). The zero-order valence-electron chi connectivity index (χ0n) is 8.85. The molecule has 0 amide bonds. The molecule has 5 nitrogen and oxygen atoms in total. The van der Waals surface area contributed by atoms with Crippen LogP contribution in [0.4, 0.5) is 4.79 Å². The quantitative estimate of drug-likeness (QED) is 0.508. The second kappa shape index (κ2) is 6.23. The number of carbonyl (C=O) groups is 1. The van der Waals surface area contributed by atoms with Crippen molar-refractivity contribution in [2.24, 2.45) is 0 Å². The fourth-order valence-electron chi connectivity index (χ4n) is 1.23. The van der Waals surface area contributed by atoms with E-state index in [2.05, 4.69) is 29.5 Å². The van der Waals surface area contributed by atoms with Crippen LogP contribution in [0.1, 0.15) is 23.9 Å². The molecular formula is C9H14N2O3S. The van der Waals surface area contributed by atoms with Gasteiger partial charge in [-0.15, -0.1) is 12.6 Å². The number of aromatic nitrogens is 2. The zero-order chi connectivity index (χ0) is 12.0. The summed E-state index contributed by atoms with van der Waals surface area (Å²) in [4.78, 5) is 16.9. The third-order valence-corrected chi connectivity index (χ3v) is 1.96. The lowest BCUT2D eigenvalue weighted by Crippen LogP contribution is -1.99. The lowest BCUT2D eigenvalue weighted by atomic mass is 10.1. The molecule has 0 aliphatic heterocycles. The second-order valence-corrected chi connectivity index (χ2v) is 3.21. The Bertz CT molecular complexity index is 328. The van der Waals surface area contributed by atoms with E-state index in [4.69, 9.17) is 15.0 Å². The number of aryl methyl sites for hydroxylation is 2. The van der Waals surface area contributed by atoms with Crippen molar-refractivity contribution < 1.29 is 15.0 Å². The Morgan fingerprint density at radius 2 is 1.60 bits per heavy atom. The Hall–Kier alpha value is -1.30. The molecule has 6 heteroatoms. The number of hydrogen-bond donors (Lipinski definition) is 3. The first-order valence-electron chi connectivity index (χ1n) is 4.33. The number of hydrogen-bond acceptors (Lipinski definition) is 4. The van der Waals surface area contributed by atoms with Crippen LogP contribution in [0.25, 0.3) is 0 Å². The van der Waals surface area contributed by atoms with E-state index < -0.39 is 6.16 Å². The van der Waals surface area contributed by atoms with Crippen molar-refractivity contribution in [1.82, 2.24) is 9.97 Å². The van der Waals surface area contributed by atoms with Crippen molar-refractivity contribution >= 4 is 18.8 Å². The summed E-state index contributed by atoms with van der Waals surface area (Å²) >= 11 is 4.09. The predicted molar refractivity (Wildman–Crippen MR) is 58.8 cm³/mol. The van der Waals surface area contributed by atoms with Crippen LogP contribution in [0.3, 0.4) is 0 Å². The monoisotopic (exact) mass is 230 g/mol. The molecule has 1 aromatic heterocycles. The summed E-state index contributed by atoms with van der Waals surface area (Å²) in [6.45, 7) is 6.09. The van der Waals surface area contributed by atoms with Gasteiger partial charge in [0.15, 0.2) is 5.16 Å². The lowest BCUT2D eigenvalue weighted by Gasteiger charge is -2.05. The SMILES string of the molecule is CCc1c(C)nc(S)nc1C.O=C(O)O. The Kier molecular flexibility index (Phi) is 5.69. The van der Waals surface area contributed by atoms with Crippen molar-refractivity contribution in [1.29, 1.82) is 0 Å². The fraction of sp³-hybridized carbons (Fsp3) is 0.444. The highest BCUT2D eigenvalue weighted by Crippen LogP contribution is 2.11. The summed E-state index contributed by atoms with van der Waals surface area (Å²) in [7, 11) is 0. The maximum atomic E-state index is 8.56. The van der Waals surface area contributed by atoms with E-state index in [-0.39, 0.29) is 0 Å². The smallest absolute Gasteiger partial charge is 0.450 e. The van der Waals surface area contributed by atoms with Gasteiger partial charge >= 0.3 is 6.16 Å². The van der Waals surface area contributed by atoms with Gasteiger partial charge in [0.1, 0.15) is 0 Å². The first-order chi connectivity index (χ1) is 6.88. The molecule has 0 radical (unpaired) electrons. The highest BCUT2D eigenvalue weighted by Gasteiger charge is 2.03. The molecular weight excluding hydrogens is 216 g/mol. The molecule has 84 valence electrons. The fourth-order valence-corrected chi connectivity index (χ4v) is 1.53. The van der Waals surface area contributed by atoms with Crippen molar-refractivity contribution in [3.63, 3.8) is 0 Å². The standard InChI is InChI=1S/C8H12N2S.CH2O3/c1-4-7-5(2)9-8(11)10-6(7)3;2-1(3)4/h4H2,1-3H3,(H,9,10,11);(H2,2,3,4). The number of nitrogens with zero attached hydrogens (tertiary/aromatic N) is 2. The van der Waals surface area contributed by atoms with Gasteiger partial charge in [-0.2, -0.15) is 0 Å². The van der Waals surface area contributed by atoms with E-state index in [0.29, 0.717) is 5.16 Å². The van der Waals surface area contributed by atoms with E-state index in [9.17, 15) is 0 Å². The topological polar surface area (TPSA) is 83.3 Å². The molecule has 0 spiro atoms.